The first-order valence-corrected chi connectivity index (χ1v) is 4.67. The molecule has 0 bridgehead atoms. The molecule has 0 aliphatic carbocycles. The van der Waals surface area contributed by atoms with E-state index in [0.29, 0.717) is 12.0 Å². The Hall–Kier alpha value is -2.07. The minimum atomic E-state index is 0.555. The standard InChI is InChI=1S/C14H13N/c1-4-12-7-6-8-13(14(12)5-2)9-11(3)10-15/h4-8H,1-3,9H2. The molecule has 0 unspecified atom stereocenters. The van der Waals surface area contributed by atoms with Crippen molar-refractivity contribution < 1.29 is 0 Å². The van der Waals surface area contributed by atoms with Crippen molar-refractivity contribution in [2.24, 2.45) is 0 Å². The van der Waals surface area contributed by atoms with Crippen molar-refractivity contribution in [1.29, 1.82) is 5.26 Å². The van der Waals surface area contributed by atoms with E-state index in [1.54, 1.807) is 12.2 Å². The third-order valence-corrected chi connectivity index (χ3v) is 2.22. The molecule has 0 saturated carbocycles. The lowest BCUT2D eigenvalue weighted by Crippen LogP contribution is -1.93. The van der Waals surface area contributed by atoms with Crippen molar-refractivity contribution in [2.45, 2.75) is 6.42 Å². The zero-order chi connectivity index (χ0) is 11.3. The van der Waals surface area contributed by atoms with E-state index in [2.05, 4.69) is 19.7 Å². The number of nitriles is 1. The summed E-state index contributed by atoms with van der Waals surface area (Å²) in [6, 6.07) is 7.95. The molecule has 0 aliphatic heterocycles. The first-order valence-electron chi connectivity index (χ1n) is 4.67. The fourth-order valence-electron chi connectivity index (χ4n) is 1.48. The average Bonchev–Trinajstić information content (AvgIpc) is 2.28. The lowest BCUT2D eigenvalue weighted by molar-refractivity contribution is 1.19. The number of rotatable bonds is 4. The van der Waals surface area contributed by atoms with Gasteiger partial charge in [0.1, 0.15) is 0 Å². The monoisotopic (exact) mass is 195 g/mol. The summed E-state index contributed by atoms with van der Waals surface area (Å²) in [4.78, 5) is 0. The molecule has 0 saturated heterocycles. The van der Waals surface area contributed by atoms with Gasteiger partial charge in [-0.15, -0.1) is 0 Å². The first-order chi connectivity index (χ1) is 7.22. The van der Waals surface area contributed by atoms with Crippen molar-refractivity contribution in [2.75, 3.05) is 0 Å². The molecule has 1 rings (SSSR count). The number of hydrogen-bond donors (Lipinski definition) is 0. The van der Waals surface area contributed by atoms with Gasteiger partial charge >= 0.3 is 0 Å². The minimum absolute atomic E-state index is 0.555. The predicted octanol–water partition coefficient (Wildman–Crippen LogP) is 3.59. The zero-order valence-electron chi connectivity index (χ0n) is 8.66. The number of nitrogens with zero attached hydrogens (tertiary/aromatic N) is 1. The van der Waals surface area contributed by atoms with Crippen LogP contribution in [0.25, 0.3) is 12.2 Å². The van der Waals surface area contributed by atoms with Crippen LogP contribution in [0.5, 0.6) is 0 Å². The molecule has 0 heterocycles. The Labute approximate surface area is 90.7 Å². The normalized spacial score (nSPS) is 9.00. The van der Waals surface area contributed by atoms with E-state index >= 15 is 0 Å². The minimum Gasteiger partial charge on any atom is -0.193 e. The third kappa shape index (κ3) is 2.45. The Kier molecular flexibility index (Phi) is 3.65. The lowest BCUT2D eigenvalue weighted by Gasteiger charge is -2.07. The highest BCUT2D eigenvalue weighted by Crippen LogP contribution is 2.19. The summed E-state index contributed by atoms with van der Waals surface area (Å²) in [5.74, 6) is 0. The Morgan fingerprint density at radius 3 is 2.60 bits per heavy atom. The second-order valence-corrected chi connectivity index (χ2v) is 3.22. The average molecular weight is 195 g/mol. The molecule has 0 spiro atoms. The summed E-state index contributed by atoms with van der Waals surface area (Å²) in [6.45, 7) is 11.2. The molecule has 1 heteroatoms. The van der Waals surface area contributed by atoms with Gasteiger partial charge in [0.25, 0.3) is 0 Å². The molecular weight excluding hydrogens is 182 g/mol. The van der Waals surface area contributed by atoms with Crippen LogP contribution in [-0.2, 0) is 6.42 Å². The topological polar surface area (TPSA) is 23.8 Å². The van der Waals surface area contributed by atoms with Gasteiger partial charge in [-0.05, 0) is 16.7 Å². The van der Waals surface area contributed by atoms with Gasteiger partial charge in [-0.1, -0.05) is 50.1 Å². The second-order valence-electron chi connectivity index (χ2n) is 3.22. The fraction of sp³-hybridized carbons (Fsp3) is 0.0714. The molecule has 1 aromatic rings. The molecule has 15 heavy (non-hydrogen) atoms. The second kappa shape index (κ2) is 4.97. The van der Waals surface area contributed by atoms with Gasteiger partial charge in [0, 0.05) is 12.0 Å². The quantitative estimate of drug-likeness (QED) is 0.673. The van der Waals surface area contributed by atoms with Gasteiger partial charge < -0.3 is 0 Å². The Morgan fingerprint density at radius 2 is 2.07 bits per heavy atom. The van der Waals surface area contributed by atoms with E-state index < -0.39 is 0 Å². The Bertz CT molecular complexity index is 447. The molecule has 0 N–H and O–H groups in total. The van der Waals surface area contributed by atoms with Crippen LogP contribution < -0.4 is 0 Å². The molecular formula is C14H13N. The van der Waals surface area contributed by atoms with Crippen LogP contribution in [0.2, 0.25) is 0 Å². The smallest absolute Gasteiger partial charge is 0.0944 e. The zero-order valence-corrected chi connectivity index (χ0v) is 8.66. The van der Waals surface area contributed by atoms with Crippen LogP contribution in [0.15, 0.2) is 43.5 Å². The summed E-state index contributed by atoms with van der Waals surface area (Å²) in [5, 5.41) is 8.69. The number of allylic oxidation sites excluding steroid dienone is 1. The van der Waals surface area contributed by atoms with Gasteiger partial charge in [0.2, 0.25) is 0 Å². The molecule has 1 nitrogen and oxygen atoms in total. The van der Waals surface area contributed by atoms with Crippen molar-refractivity contribution >= 4 is 12.2 Å². The lowest BCUT2D eigenvalue weighted by atomic mass is 9.96. The van der Waals surface area contributed by atoms with Crippen LogP contribution in [-0.4, -0.2) is 0 Å². The maximum Gasteiger partial charge on any atom is 0.0944 e. The Balaban J connectivity index is 3.18. The SMILES string of the molecule is C=Cc1cccc(CC(=C)C#N)c1C=C. The van der Waals surface area contributed by atoms with Crippen molar-refractivity contribution in [3.05, 3.63) is 60.2 Å². The highest BCUT2D eigenvalue weighted by Gasteiger charge is 2.04. The van der Waals surface area contributed by atoms with Crippen LogP contribution in [0.1, 0.15) is 16.7 Å². The van der Waals surface area contributed by atoms with E-state index in [1.807, 2.05) is 24.3 Å². The van der Waals surface area contributed by atoms with Gasteiger partial charge in [0.05, 0.1) is 6.07 Å². The summed E-state index contributed by atoms with van der Waals surface area (Å²) in [5.41, 5.74) is 3.69. The van der Waals surface area contributed by atoms with Gasteiger partial charge in [-0.3, -0.25) is 0 Å². The molecule has 0 radical (unpaired) electrons. The Morgan fingerprint density at radius 1 is 1.33 bits per heavy atom. The third-order valence-electron chi connectivity index (χ3n) is 2.22. The van der Waals surface area contributed by atoms with Crippen molar-refractivity contribution in [3.63, 3.8) is 0 Å². The number of hydrogen-bond acceptors (Lipinski definition) is 1. The van der Waals surface area contributed by atoms with E-state index in [1.165, 1.54) is 0 Å². The highest BCUT2D eigenvalue weighted by atomic mass is 14.2. The highest BCUT2D eigenvalue weighted by molar-refractivity contribution is 5.66. The van der Waals surface area contributed by atoms with Crippen LogP contribution in [0.4, 0.5) is 0 Å². The van der Waals surface area contributed by atoms with E-state index in [9.17, 15) is 0 Å². The van der Waals surface area contributed by atoms with Gasteiger partial charge in [-0.25, -0.2) is 0 Å². The largest absolute Gasteiger partial charge is 0.193 e. The first kappa shape index (κ1) is 11.0. The van der Waals surface area contributed by atoms with Gasteiger partial charge in [0.15, 0.2) is 0 Å². The fourth-order valence-corrected chi connectivity index (χ4v) is 1.48. The summed E-state index contributed by atoms with van der Waals surface area (Å²) >= 11 is 0. The van der Waals surface area contributed by atoms with Gasteiger partial charge in [-0.2, -0.15) is 5.26 Å². The van der Waals surface area contributed by atoms with E-state index in [-0.39, 0.29) is 0 Å². The molecule has 1 aromatic carbocycles. The summed E-state index contributed by atoms with van der Waals surface area (Å²) in [7, 11) is 0. The maximum absolute atomic E-state index is 8.69. The van der Waals surface area contributed by atoms with E-state index in [4.69, 9.17) is 5.26 Å². The van der Waals surface area contributed by atoms with Crippen LogP contribution >= 0.6 is 0 Å². The van der Waals surface area contributed by atoms with Crippen molar-refractivity contribution in [1.82, 2.24) is 0 Å². The molecule has 0 aliphatic rings. The van der Waals surface area contributed by atoms with Crippen molar-refractivity contribution in [3.8, 4) is 6.07 Å². The maximum atomic E-state index is 8.69. The summed E-state index contributed by atoms with van der Waals surface area (Å²) in [6.07, 6.45) is 4.15. The molecule has 0 aromatic heterocycles. The molecule has 0 amide bonds. The van der Waals surface area contributed by atoms with E-state index in [0.717, 1.165) is 16.7 Å². The molecule has 0 fully saturated rings. The molecule has 74 valence electrons. The molecule has 0 atom stereocenters. The summed E-state index contributed by atoms with van der Waals surface area (Å²) < 4.78 is 0. The van der Waals surface area contributed by atoms with Crippen LogP contribution in [0, 0.1) is 11.3 Å². The van der Waals surface area contributed by atoms with Crippen LogP contribution in [0.3, 0.4) is 0 Å². The predicted molar refractivity (Wildman–Crippen MR) is 65.1 cm³/mol. The number of benzene rings is 1.